The van der Waals surface area contributed by atoms with Crippen LogP contribution in [0.4, 0.5) is 0 Å². The Morgan fingerprint density at radius 3 is 2.00 bits per heavy atom. The van der Waals surface area contributed by atoms with Crippen LogP contribution in [0.15, 0.2) is 0 Å². The van der Waals surface area contributed by atoms with Gasteiger partial charge in [0.2, 0.25) is 0 Å². The van der Waals surface area contributed by atoms with Crippen molar-refractivity contribution in [2.75, 3.05) is 0 Å². The molecule has 3 unspecified atom stereocenters. The van der Waals surface area contributed by atoms with Crippen molar-refractivity contribution in [3.63, 3.8) is 0 Å². The second-order valence-electron chi connectivity index (χ2n) is 6.33. The first-order valence-electron chi connectivity index (χ1n) is 6.40. The van der Waals surface area contributed by atoms with Crippen LogP contribution in [0.1, 0.15) is 60.8 Å². The summed E-state index contributed by atoms with van der Waals surface area (Å²) < 4.78 is 0. The molecule has 0 nitrogen and oxygen atoms in total. The fourth-order valence-corrected chi connectivity index (χ4v) is 3.44. The molecule has 0 amide bonds. The Morgan fingerprint density at radius 2 is 1.79 bits per heavy atom. The molecule has 1 saturated carbocycles. The molecule has 0 radical (unpaired) electrons. The lowest BCUT2D eigenvalue weighted by molar-refractivity contribution is 0.00241. The molecule has 84 valence electrons. The van der Waals surface area contributed by atoms with Gasteiger partial charge in [0.15, 0.2) is 0 Å². The first kappa shape index (κ1) is 12.1. The Morgan fingerprint density at radius 1 is 1.21 bits per heavy atom. The van der Waals surface area contributed by atoms with Crippen molar-refractivity contribution in [3.05, 3.63) is 0 Å². The second kappa shape index (κ2) is 4.24. The van der Waals surface area contributed by atoms with Crippen molar-refractivity contribution >= 4 is 0 Å². The third-order valence-corrected chi connectivity index (χ3v) is 4.68. The summed E-state index contributed by atoms with van der Waals surface area (Å²) in [5.74, 6) is 3.76. The molecule has 1 fully saturated rings. The summed E-state index contributed by atoms with van der Waals surface area (Å²) in [7, 11) is 0. The lowest BCUT2D eigenvalue weighted by Gasteiger charge is -2.49. The molecule has 0 heterocycles. The van der Waals surface area contributed by atoms with Gasteiger partial charge in [-0.25, -0.2) is 0 Å². The van der Waals surface area contributed by atoms with Crippen LogP contribution in [-0.4, -0.2) is 0 Å². The minimum atomic E-state index is 0.535. The Balaban J connectivity index is 2.73. The zero-order valence-corrected chi connectivity index (χ0v) is 10.9. The minimum absolute atomic E-state index is 0.535. The van der Waals surface area contributed by atoms with Gasteiger partial charge in [0.25, 0.3) is 0 Å². The van der Waals surface area contributed by atoms with Crippen LogP contribution >= 0.6 is 0 Å². The highest BCUT2D eigenvalue weighted by Gasteiger charge is 2.42. The topological polar surface area (TPSA) is 0 Å². The quantitative estimate of drug-likeness (QED) is 0.609. The van der Waals surface area contributed by atoms with Crippen LogP contribution in [0.2, 0.25) is 0 Å². The maximum absolute atomic E-state index is 2.46. The Hall–Kier alpha value is 0. The summed E-state index contributed by atoms with van der Waals surface area (Å²) in [6, 6.07) is 0. The summed E-state index contributed by atoms with van der Waals surface area (Å²) in [6.45, 7) is 14.5. The van der Waals surface area contributed by atoms with Gasteiger partial charge in [-0.1, -0.05) is 54.4 Å². The van der Waals surface area contributed by atoms with Crippen molar-refractivity contribution < 1.29 is 0 Å². The van der Waals surface area contributed by atoms with Crippen LogP contribution in [0.5, 0.6) is 0 Å². The van der Waals surface area contributed by atoms with E-state index in [4.69, 9.17) is 0 Å². The van der Waals surface area contributed by atoms with E-state index in [9.17, 15) is 0 Å². The second-order valence-corrected chi connectivity index (χ2v) is 6.33. The first-order valence-corrected chi connectivity index (χ1v) is 6.40. The van der Waals surface area contributed by atoms with Crippen molar-refractivity contribution in [1.82, 2.24) is 0 Å². The van der Waals surface area contributed by atoms with Gasteiger partial charge in [-0.3, -0.25) is 0 Å². The highest BCUT2D eigenvalue weighted by atomic mass is 14.5. The van der Waals surface area contributed by atoms with E-state index < -0.39 is 0 Å². The van der Waals surface area contributed by atoms with E-state index in [2.05, 4.69) is 41.5 Å². The van der Waals surface area contributed by atoms with Gasteiger partial charge >= 0.3 is 0 Å². The molecule has 0 heteroatoms. The highest BCUT2D eigenvalue weighted by molar-refractivity contribution is 4.91. The summed E-state index contributed by atoms with van der Waals surface area (Å²) >= 11 is 0. The van der Waals surface area contributed by atoms with Crippen LogP contribution in [0.25, 0.3) is 0 Å². The fraction of sp³-hybridized carbons (Fsp3) is 1.00. The predicted octanol–water partition coefficient (Wildman–Crippen LogP) is 4.74. The van der Waals surface area contributed by atoms with Crippen molar-refractivity contribution in [1.29, 1.82) is 0 Å². The smallest absolute Gasteiger partial charge is 0.0309 e. The number of rotatable bonds is 4. The molecule has 0 aromatic heterocycles. The number of hydrogen-bond donors (Lipinski definition) is 0. The van der Waals surface area contributed by atoms with Gasteiger partial charge in [-0.05, 0) is 35.5 Å². The SMILES string of the molecule is CCC(C)(C)C(C(C)C)C1CCC1C. The van der Waals surface area contributed by atoms with E-state index >= 15 is 0 Å². The molecular weight excluding hydrogens is 168 g/mol. The predicted molar refractivity (Wildman–Crippen MR) is 64.3 cm³/mol. The van der Waals surface area contributed by atoms with Gasteiger partial charge in [0.05, 0.1) is 0 Å². The maximum atomic E-state index is 2.46. The molecule has 1 aliphatic carbocycles. The maximum Gasteiger partial charge on any atom is -0.0309 e. The van der Waals surface area contributed by atoms with Gasteiger partial charge in [-0.2, -0.15) is 0 Å². The molecule has 0 aromatic carbocycles. The van der Waals surface area contributed by atoms with Crippen LogP contribution in [-0.2, 0) is 0 Å². The Kier molecular flexibility index (Phi) is 3.66. The zero-order valence-electron chi connectivity index (χ0n) is 10.9. The lowest BCUT2D eigenvalue weighted by atomic mass is 9.56. The minimum Gasteiger partial charge on any atom is -0.0649 e. The van der Waals surface area contributed by atoms with E-state index in [1.807, 2.05) is 0 Å². The summed E-state index contributed by atoms with van der Waals surface area (Å²) in [5.41, 5.74) is 0.535. The van der Waals surface area contributed by atoms with E-state index in [0.29, 0.717) is 5.41 Å². The average Bonchev–Trinajstić information content (AvgIpc) is 2.10. The zero-order chi connectivity index (χ0) is 10.9. The van der Waals surface area contributed by atoms with E-state index in [0.717, 1.165) is 23.7 Å². The van der Waals surface area contributed by atoms with E-state index in [-0.39, 0.29) is 0 Å². The van der Waals surface area contributed by atoms with E-state index in [1.54, 1.807) is 0 Å². The van der Waals surface area contributed by atoms with Gasteiger partial charge < -0.3 is 0 Å². The molecule has 3 atom stereocenters. The summed E-state index contributed by atoms with van der Waals surface area (Å²) in [5, 5.41) is 0. The van der Waals surface area contributed by atoms with E-state index in [1.165, 1.54) is 19.3 Å². The molecule has 0 N–H and O–H groups in total. The van der Waals surface area contributed by atoms with Crippen LogP contribution in [0, 0.1) is 29.1 Å². The Bertz CT molecular complexity index is 178. The van der Waals surface area contributed by atoms with Crippen molar-refractivity contribution in [2.24, 2.45) is 29.1 Å². The third-order valence-electron chi connectivity index (χ3n) is 4.68. The molecule has 0 bridgehead atoms. The summed E-state index contributed by atoms with van der Waals surface area (Å²) in [6.07, 6.45) is 4.26. The Labute approximate surface area is 90.5 Å². The summed E-state index contributed by atoms with van der Waals surface area (Å²) in [4.78, 5) is 0. The van der Waals surface area contributed by atoms with Gasteiger partial charge in [-0.15, -0.1) is 0 Å². The number of hydrogen-bond acceptors (Lipinski definition) is 0. The average molecular weight is 196 g/mol. The molecule has 0 aliphatic heterocycles. The highest BCUT2D eigenvalue weighted by Crippen LogP contribution is 2.50. The molecular formula is C14H28. The van der Waals surface area contributed by atoms with Crippen LogP contribution < -0.4 is 0 Å². The van der Waals surface area contributed by atoms with Crippen LogP contribution in [0.3, 0.4) is 0 Å². The molecule has 0 saturated heterocycles. The fourth-order valence-electron chi connectivity index (χ4n) is 3.44. The van der Waals surface area contributed by atoms with Crippen molar-refractivity contribution in [3.8, 4) is 0 Å². The first-order chi connectivity index (χ1) is 6.40. The molecule has 1 aliphatic rings. The van der Waals surface area contributed by atoms with Crippen molar-refractivity contribution in [2.45, 2.75) is 60.8 Å². The lowest BCUT2D eigenvalue weighted by Crippen LogP contribution is -2.41. The van der Waals surface area contributed by atoms with Gasteiger partial charge in [0, 0.05) is 0 Å². The molecule has 0 spiro atoms. The standard InChI is InChI=1S/C14H28/c1-7-14(5,6)13(10(2)3)12-9-8-11(12)4/h10-13H,7-9H2,1-6H3. The largest absolute Gasteiger partial charge is 0.0649 e. The van der Waals surface area contributed by atoms with Gasteiger partial charge in [0.1, 0.15) is 0 Å². The monoisotopic (exact) mass is 196 g/mol. The normalized spacial score (nSPS) is 30.2. The molecule has 14 heavy (non-hydrogen) atoms. The third kappa shape index (κ3) is 2.15. The molecule has 0 aromatic rings. The molecule has 1 rings (SSSR count).